The minimum Gasteiger partial charge on any atom is -0.310 e. The molecule has 81 heavy (non-hydrogen) atoms. The topological polar surface area (TPSA) is 6.48 Å². The van der Waals surface area contributed by atoms with Gasteiger partial charge in [-0.1, -0.05) is 254 Å². The van der Waals surface area contributed by atoms with Crippen molar-refractivity contribution in [2.75, 3.05) is 9.80 Å². The van der Waals surface area contributed by atoms with Crippen molar-refractivity contribution < 1.29 is 0 Å². The number of anilines is 6. The standard InChI is InChI=1S/C78H75BN2/c1-49(2)54-42-68-71-69(43-54)81(74-61(52-32-22-16-23-33-52)46-57(77(9,10)11)47-62(74)53-34-24-17-25-35-53)67-48-55(75(3,4)5)38-40-65(67)79(71)72-66(41-39-64-70(72)58-36-26-27-37-63(58)78(64,12)13)80(68)73-59(50-28-18-14-19-29-50)44-56(76(6,7)8)45-60(73)51-30-20-15-21-31-51/h14-49H,1-13H3. The molecule has 0 N–H and O–H groups in total. The summed E-state index contributed by atoms with van der Waals surface area (Å²) in [5.74, 6) is 0.209. The van der Waals surface area contributed by atoms with Crippen LogP contribution in [0.2, 0.25) is 0 Å². The molecule has 2 aliphatic heterocycles. The van der Waals surface area contributed by atoms with E-state index in [0.717, 1.165) is 0 Å². The zero-order valence-electron chi connectivity index (χ0n) is 49.8. The summed E-state index contributed by atoms with van der Waals surface area (Å²) in [5, 5.41) is 0. The molecule has 13 rings (SSSR count). The highest BCUT2D eigenvalue weighted by Gasteiger charge is 2.50. The zero-order chi connectivity index (χ0) is 56.5. The first-order valence-electron chi connectivity index (χ1n) is 29.5. The van der Waals surface area contributed by atoms with Gasteiger partial charge < -0.3 is 9.80 Å². The first-order valence-corrected chi connectivity index (χ1v) is 29.5. The molecule has 2 nitrogen and oxygen atoms in total. The van der Waals surface area contributed by atoms with Gasteiger partial charge in [-0.3, -0.25) is 0 Å². The second kappa shape index (κ2) is 19.0. The van der Waals surface area contributed by atoms with Crippen LogP contribution in [0.5, 0.6) is 0 Å². The van der Waals surface area contributed by atoms with E-state index in [9.17, 15) is 0 Å². The summed E-state index contributed by atoms with van der Waals surface area (Å²) in [6.45, 7) is 30.8. The monoisotopic (exact) mass is 1050 g/mol. The van der Waals surface area contributed by atoms with Crippen LogP contribution in [0.3, 0.4) is 0 Å². The maximum absolute atomic E-state index is 2.74. The van der Waals surface area contributed by atoms with Crippen molar-refractivity contribution in [3.63, 3.8) is 0 Å². The van der Waals surface area contributed by atoms with E-state index < -0.39 is 0 Å². The SMILES string of the molecule is CC(C)c1cc2c3c(c1)N(c1c(-c4ccccc4)cc(C(C)(C)C)cc1-c1ccccc1)c1ccc4c(c1B3c1ccc(C(C)(C)C)cc1N2c1c(-c2ccccc2)cc(C(C)(C)C)cc1-c1ccccc1)-c1ccccc1C4(C)C. The Morgan fingerprint density at radius 1 is 0.358 bits per heavy atom. The smallest absolute Gasteiger partial charge is 0.252 e. The molecule has 1 aliphatic carbocycles. The predicted molar refractivity (Wildman–Crippen MR) is 350 cm³/mol. The normalized spacial score (nSPS) is 14.1. The predicted octanol–water partition coefficient (Wildman–Crippen LogP) is 19.8. The van der Waals surface area contributed by atoms with Crippen molar-refractivity contribution >= 4 is 57.2 Å². The molecular formula is C78H75BN2. The van der Waals surface area contributed by atoms with Gasteiger partial charge in [0.2, 0.25) is 0 Å². The van der Waals surface area contributed by atoms with Crippen LogP contribution in [-0.4, -0.2) is 6.71 Å². The summed E-state index contributed by atoms with van der Waals surface area (Å²) in [5.41, 5.74) is 31.0. The maximum atomic E-state index is 2.74. The third kappa shape index (κ3) is 8.52. The Bertz CT molecular complexity index is 3970. The summed E-state index contributed by atoms with van der Waals surface area (Å²) in [6, 6.07) is 81.8. The molecule has 0 fully saturated rings. The zero-order valence-corrected chi connectivity index (χ0v) is 49.8. The van der Waals surface area contributed by atoms with Gasteiger partial charge in [0.15, 0.2) is 0 Å². The van der Waals surface area contributed by atoms with Crippen molar-refractivity contribution in [1.29, 1.82) is 0 Å². The second-order valence-corrected chi connectivity index (χ2v) is 27.2. The molecule has 0 atom stereocenters. The van der Waals surface area contributed by atoms with E-state index in [1.54, 1.807) is 0 Å². The van der Waals surface area contributed by atoms with E-state index in [-0.39, 0.29) is 34.3 Å². The van der Waals surface area contributed by atoms with Crippen molar-refractivity contribution in [3.05, 3.63) is 246 Å². The van der Waals surface area contributed by atoms with E-state index in [1.165, 1.54) is 140 Å². The molecule has 3 heteroatoms. The highest BCUT2D eigenvalue weighted by Crippen LogP contribution is 2.57. The van der Waals surface area contributed by atoms with Crippen LogP contribution in [0.15, 0.2) is 212 Å². The van der Waals surface area contributed by atoms with Gasteiger partial charge in [0.25, 0.3) is 6.71 Å². The van der Waals surface area contributed by atoms with Gasteiger partial charge in [0.05, 0.1) is 11.4 Å². The van der Waals surface area contributed by atoms with Crippen molar-refractivity contribution in [1.82, 2.24) is 0 Å². The van der Waals surface area contributed by atoms with Crippen LogP contribution in [0.25, 0.3) is 55.6 Å². The third-order valence-electron chi connectivity index (χ3n) is 18.1. The van der Waals surface area contributed by atoms with Gasteiger partial charge >= 0.3 is 0 Å². The first kappa shape index (κ1) is 52.3. The Balaban J connectivity index is 1.27. The summed E-state index contributed by atoms with van der Waals surface area (Å²) in [4.78, 5) is 5.49. The molecule has 0 amide bonds. The molecule has 0 saturated carbocycles. The van der Waals surface area contributed by atoms with E-state index in [2.05, 4.69) is 312 Å². The molecule has 10 aromatic carbocycles. The van der Waals surface area contributed by atoms with Gasteiger partial charge in [-0.15, -0.1) is 0 Å². The van der Waals surface area contributed by atoms with Gasteiger partial charge in [-0.2, -0.15) is 0 Å². The maximum Gasteiger partial charge on any atom is 0.252 e. The van der Waals surface area contributed by atoms with E-state index in [1.807, 2.05) is 0 Å². The molecule has 0 bridgehead atoms. The van der Waals surface area contributed by atoms with Crippen molar-refractivity contribution in [2.24, 2.45) is 0 Å². The van der Waals surface area contributed by atoms with E-state index in [0.29, 0.717) is 0 Å². The lowest BCUT2D eigenvalue weighted by Crippen LogP contribution is -2.62. The molecule has 0 spiro atoms. The lowest BCUT2D eigenvalue weighted by molar-refractivity contribution is 0.590. The molecule has 400 valence electrons. The van der Waals surface area contributed by atoms with Gasteiger partial charge in [-0.25, -0.2) is 0 Å². The molecule has 10 aromatic rings. The summed E-state index contributed by atoms with van der Waals surface area (Å²) < 4.78 is 0. The number of hydrogen-bond acceptors (Lipinski definition) is 2. The fraction of sp³-hybridized carbons (Fsp3) is 0.231. The Kier molecular flexibility index (Phi) is 12.2. The van der Waals surface area contributed by atoms with Crippen LogP contribution in [0.4, 0.5) is 34.1 Å². The molecule has 0 unspecified atom stereocenters. The quantitative estimate of drug-likeness (QED) is 0.147. The average Bonchev–Trinajstić information content (AvgIpc) is 3.99. The number of benzene rings is 10. The minimum absolute atomic E-state index is 0.122. The van der Waals surface area contributed by atoms with E-state index >= 15 is 0 Å². The first-order chi connectivity index (χ1) is 38.7. The fourth-order valence-electron chi connectivity index (χ4n) is 13.6. The highest BCUT2D eigenvalue weighted by molar-refractivity contribution is 7.01. The van der Waals surface area contributed by atoms with Gasteiger partial charge in [-0.05, 0) is 154 Å². The third-order valence-corrected chi connectivity index (χ3v) is 18.1. The Morgan fingerprint density at radius 3 is 1.19 bits per heavy atom. The van der Waals surface area contributed by atoms with Crippen molar-refractivity contribution in [2.45, 2.75) is 118 Å². The molecule has 0 aromatic heterocycles. The summed E-state index contributed by atoms with van der Waals surface area (Å²) in [7, 11) is 0. The second-order valence-electron chi connectivity index (χ2n) is 27.2. The van der Waals surface area contributed by atoms with Crippen LogP contribution in [0, 0.1) is 0 Å². The van der Waals surface area contributed by atoms with Crippen LogP contribution >= 0.6 is 0 Å². The van der Waals surface area contributed by atoms with Crippen LogP contribution < -0.4 is 26.2 Å². The number of nitrogens with zero attached hydrogens (tertiary/aromatic N) is 2. The minimum atomic E-state index is -0.223. The molecule has 0 saturated heterocycles. The molecular weight excluding hydrogens is 976 g/mol. The Labute approximate surface area is 483 Å². The highest BCUT2D eigenvalue weighted by atomic mass is 15.2. The Hall–Kier alpha value is -8.14. The molecule has 3 aliphatic rings. The number of hydrogen-bond donors (Lipinski definition) is 0. The Morgan fingerprint density at radius 2 is 0.765 bits per heavy atom. The largest absolute Gasteiger partial charge is 0.310 e. The summed E-state index contributed by atoms with van der Waals surface area (Å²) >= 11 is 0. The van der Waals surface area contributed by atoms with E-state index in [4.69, 9.17) is 0 Å². The average molecular weight is 1050 g/mol. The van der Waals surface area contributed by atoms with Gasteiger partial charge in [0.1, 0.15) is 0 Å². The van der Waals surface area contributed by atoms with Crippen LogP contribution in [0.1, 0.15) is 129 Å². The van der Waals surface area contributed by atoms with Gasteiger partial charge in [0, 0.05) is 50.4 Å². The number of fused-ring (bicyclic) bond motifs is 8. The fourth-order valence-corrected chi connectivity index (χ4v) is 13.6. The van der Waals surface area contributed by atoms with Crippen LogP contribution in [-0.2, 0) is 21.7 Å². The number of rotatable bonds is 7. The lowest BCUT2D eigenvalue weighted by Gasteiger charge is -2.47. The molecule has 2 heterocycles. The molecule has 0 radical (unpaired) electrons. The lowest BCUT2D eigenvalue weighted by atomic mass is 9.32. The summed E-state index contributed by atoms with van der Waals surface area (Å²) in [6.07, 6.45) is 0. The van der Waals surface area contributed by atoms with Crippen molar-refractivity contribution in [3.8, 4) is 55.6 Å².